The number of likely N-dealkylation sites (N-methyl/N-ethyl adjacent to an activating group) is 1. The van der Waals surface area contributed by atoms with Crippen LogP contribution in [-0.2, 0) is 6.42 Å². The number of rotatable bonds is 6. The molecule has 0 aliphatic rings. The highest BCUT2D eigenvalue weighted by molar-refractivity contribution is 5.99. The van der Waals surface area contributed by atoms with Crippen molar-refractivity contribution in [3.63, 3.8) is 0 Å². The molecule has 1 rings (SSSR count). The Morgan fingerprint density at radius 1 is 1.25 bits per heavy atom. The second kappa shape index (κ2) is 6.88. The van der Waals surface area contributed by atoms with Crippen LogP contribution in [0.25, 0.3) is 0 Å². The lowest BCUT2D eigenvalue weighted by Crippen LogP contribution is -2.38. The minimum atomic E-state index is -4.19. The second-order valence-corrected chi connectivity index (χ2v) is 4.94. The summed E-state index contributed by atoms with van der Waals surface area (Å²) in [5, 5.41) is 0. The number of alkyl halides is 3. The maximum atomic E-state index is 12.2. The molecule has 0 saturated carbocycles. The Morgan fingerprint density at radius 2 is 1.80 bits per heavy atom. The Balaban J connectivity index is 2.65. The average molecular weight is 287 g/mol. The molecule has 0 heterocycles. The molecule has 20 heavy (non-hydrogen) atoms. The number of nitrogens with zero attached hydrogens (tertiary/aromatic N) is 1. The fourth-order valence-electron chi connectivity index (χ4n) is 1.84. The SMILES string of the molecule is CCc1ccc(C(=O)C(C)N(C)CCC(F)(F)F)cc1. The van der Waals surface area contributed by atoms with E-state index in [9.17, 15) is 18.0 Å². The standard InChI is InChI=1S/C15H20F3NO/c1-4-12-5-7-13(8-6-12)14(20)11(2)19(3)10-9-15(16,17)18/h5-8,11H,4,9-10H2,1-3H3. The van der Waals surface area contributed by atoms with E-state index in [4.69, 9.17) is 0 Å². The van der Waals surface area contributed by atoms with E-state index in [0.717, 1.165) is 12.0 Å². The van der Waals surface area contributed by atoms with Crippen LogP contribution < -0.4 is 0 Å². The fraction of sp³-hybridized carbons (Fsp3) is 0.533. The first-order chi connectivity index (χ1) is 9.24. The van der Waals surface area contributed by atoms with E-state index in [1.165, 1.54) is 11.9 Å². The summed E-state index contributed by atoms with van der Waals surface area (Å²) in [5.74, 6) is -0.155. The Bertz CT molecular complexity index is 439. The van der Waals surface area contributed by atoms with Crippen LogP contribution >= 0.6 is 0 Å². The van der Waals surface area contributed by atoms with E-state index in [2.05, 4.69) is 0 Å². The Labute approximate surface area is 117 Å². The van der Waals surface area contributed by atoms with Crippen molar-refractivity contribution in [2.75, 3.05) is 13.6 Å². The summed E-state index contributed by atoms with van der Waals surface area (Å²) in [7, 11) is 1.54. The third-order valence-electron chi connectivity index (χ3n) is 3.44. The molecule has 0 bridgehead atoms. The maximum absolute atomic E-state index is 12.2. The number of benzene rings is 1. The van der Waals surface area contributed by atoms with Gasteiger partial charge in [-0.25, -0.2) is 0 Å². The molecule has 1 unspecified atom stereocenters. The van der Waals surface area contributed by atoms with Gasteiger partial charge in [0.05, 0.1) is 12.5 Å². The molecule has 0 saturated heterocycles. The third-order valence-corrected chi connectivity index (χ3v) is 3.44. The lowest BCUT2D eigenvalue weighted by atomic mass is 10.0. The van der Waals surface area contributed by atoms with Gasteiger partial charge in [0.2, 0.25) is 0 Å². The van der Waals surface area contributed by atoms with E-state index in [1.807, 2.05) is 19.1 Å². The summed E-state index contributed by atoms with van der Waals surface area (Å²) in [5.41, 5.74) is 1.66. The van der Waals surface area contributed by atoms with Crippen LogP contribution in [0.1, 0.15) is 36.2 Å². The first kappa shape index (κ1) is 16.7. The van der Waals surface area contributed by atoms with Crippen LogP contribution in [0.3, 0.4) is 0 Å². The van der Waals surface area contributed by atoms with Gasteiger partial charge in [0.25, 0.3) is 0 Å². The Kier molecular flexibility index (Phi) is 5.74. The van der Waals surface area contributed by atoms with Gasteiger partial charge in [-0.15, -0.1) is 0 Å². The van der Waals surface area contributed by atoms with Gasteiger partial charge in [0.15, 0.2) is 5.78 Å². The third kappa shape index (κ3) is 4.96. The maximum Gasteiger partial charge on any atom is 0.390 e. The monoisotopic (exact) mass is 287 g/mol. The predicted octanol–water partition coefficient (Wildman–Crippen LogP) is 3.70. The van der Waals surface area contributed by atoms with Crippen molar-refractivity contribution in [2.24, 2.45) is 0 Å². The molecule has 0 N–H and O–H groups in total. The molecule has 2 nitrogen and oxygen atoms in total. The number of carbonyl (C=O) groups is 1. The van der Waals surface area contributed by atoms with E-state index in [0.29, 0.717) is 5.56 Å². The van der Waals surface area contributed by atoms with Crippen LogP contribution in [0.2, 0.25) is 0 Å². The zero-order valence-electron chi connectivity index (χ0n) is 12.0. The summed E-state index contributed by atoms with van der Waals surface area (Å²) < 4.78 is 36.5. The van der Waals surface area contributed by atoms with Crippen molar-refractivity contribution < 1.29 is 18.0 Å². The van der Waals surface area contributed by atoms with Crippen molar-refractivity contribution in [1.82, 2.24) is 4.90 Å². The van der Waals surface area contributed by atoms with E-state index in [1.54, 1.807) is 19.1 Å². The molecule has 1 aromatic rings. The van der Waals surface area contributed by atoms with Gasteiger partial charge in [-0.3, -0.25) is 9.69 Å². The number of hydrogen-bond acceptors (Lipinski definition) is 2. The molecule has 5 heteroatoms. The number of ketones is 1. The summed E-state index contributed by atoms with van der Waals surface area (Å²) in [6.07, 6.45) is -4.22. The minimum absolute atomic E-state index is 0.155. The summed E-state index contributed by atoms with van der Waals surface area (Å²) in [4.78, 5) is 13.6. The van der Waals surface area contributed by atoms with Crippen molar-refractivity contribution in [1.29, 1.82) is 0 Å². The fourth-order valence-corrected chi connectivity index (χ4v) is 1.84. The van der Waals surface area contributed by atoms with Crippen LogP contribution in [0, 0.1) is 0 Å². The lowest BCUT2D eigenvalue weighted by Gasteiger charge is -2.24. The van der Waals surface area contributed by atoms with Gasteiger partial charge >= 0.3 is 6.18 Å². The van der Waals surface area contributed by atoms with Crippen LogP contribution in [0.5, 0.6) is 0 Å². The minimum Gasteiger partial charge on any atom is -0.296 e. The topological polar surface area (TPSA) is 20.3 Å². The van der Waals surface area contributed by atoms with Gasteiger partial charge in [0.1, 0.15) is 0 Å². The van der Waals surface area contributed by atoms with Gasteiger partial charge < -0.3 is 0 Å². The predicted molar refractivity (Wildman–Crippen MR) is 72.9 cm³/mol. The zero-order chi connectivity index (χ0) is 15.3. The molecule has 1 atom stereocenters. The number of Topliss-reactive ketones (excluding diaryl/α,β-unsaturated/α-hetero) is 1. The molecule has 0 radical (unpaired) electrons. The number of halogens is 3. The molecular formula is C15H20F3NO. The van der Waals surface area contributed by atoms with Crippen molar-refractivity contribution >= 4 is 5.78 Å². The van der Waals surface area contributed by atoms with Crippen LogP contribution in [0.4, 0.5) is 13.2 Å². The number of carbonyl (C=O) groups excluding carboxylic acids is 1. The van der Waals surface area contributed by atoms with Gasteiger partial charge in [-0.1, -0.05) is 31.2 Å². The molecular weight excluding hydrogens is 267 g/mol. The van der Waals surface area contributed by atoms with Crippen LogP contribution in [-0.4, -0.2) is 36.5 Å². The highest BCUT2D eigenvalue weighted by Crippen LogP contribution is 2.20. The molecule has 0 fully saturated rings. The van der Waals surface area contributed by atoms with Crippen molar-refractivity contribution in [2.45, 2.75) is 38.9 Å². The van der Waals surface area contributed by atoms with Gasteiger partial charge in [0, 0.05) is 12.1 Å². The molecule has 0 aliphatic heterocycles. The molecule has 0 aliphatic carbocycles. The van der Waals surface area contributed by atoms with E-state index >= 15 is 0 Å². The van der Waals surface area contributed by atoms with E-state index in [-0.39, 0.29) is 12.3 Å². The molecule has 1 aromatic carbocycles. The average Bonchev–Trinajstić information content (AvgIpc) is 2.42. The zero-order valence-corrected chi connectivity index (χ0v) is 12.0. The first-order valence-electron chi connectivity index (χ1n) is 6.64. The molecule has 0 spiro atoms. The normalized spacial score (nSPS) is 13.6. The van der Waals surface area contributed by atoms with Crippen molar-refractivity contribution in [3.05, 3.63) is 35.4 Å². The smallest absolute Gasteiger partial charge is 0.296 e. The van der Waals surface area contributed by atoms with Gasteiger partial charge in [-0.2, -0.15) is 13.2 Å². The van der Waals surface area contributed by atoms with Crippen molar-refractivity contribution in [3.8, 4) is 0 Å². The molecule has 112 valence electrons. The quantitative estimate of drug-likeness (QED) is 0.743. The second-order valence-electron chi connectivity index (χ2n) is 4.94. The summed E-state index contributed by atoms with van der Waals surface area (Å²) in [6, 6.07) is 6.64. The highest BCUT2D eigenvalue weighted by atomic mass is 19.4. The van der Waals surface area contributed by atoms with Crippen LogP contribution in [0.15, 0.2) is 24.3 Å². The number of hydrogen-bond donors (Lipinski definition) is 0. The highest BCUT2D eigenvalue weighted by Gasteiger charge is 2.29. The molecule has 0 amide bonds. The molecule has 0 aromatic heterocycles. The largest absolute Gasteiger partial charge is 0.390 e. The number of aryl methyl sites for hydroxylation is 1. The van der Waals surface area contributed by atoms with Gasteiger partial charge in [-0.05, 0) is 26.0 Å². The van der Waals surface area contributed by atoms with E-state index < -0.39 is 18.6 Å². The summed E-state index contributed by atoms with van der Waals surface area (Å²) in [6.45, 7) is 3.47. The lowest BCUT2D eigenvalue weighted by molar-refractivity contribution is -0.137. The Hall–Kier alpha value is -1.36. The first-order valence-corrected chi connectivity index (χ1v) is 6.64. The summed E-state index contributed by atoms with van der Waals surface area (Å²) >= 11 is 0. The Morgan fingerprint density at radius 3 is 2.25 bits per heavy atom.